The average Bonchev–Trinajstić information content (AvgIpc) is 2.75. The summed E-state index contributed by atoms with van der Waals surface area (Å²) in [5.41, 5.74) is 0. The second-order valence-electron chi connectivity index (χ2n) is 5.22. The summed E-state index contributed by atoms with van der Waals surface area (Å²) in [5, 5.41) is 0. The van der Waals surface area contributed by atoms with Crippen LogP contribution in [0.2, 0.25) is 0 Å². The number of hydrogen-bond donors (Lipinski definition) is 0. The van der Waals surface area contributed by atoms with Crippen molar-refractivity contribution >= 4 is 33.0 Å². The van der Waals surface area contributed by atoms with Gasteiger partial charge in [-0.2, -0.15) is 4.31 Å². The maximum absolute atomic E-state index is 12.6. The third kappa shape index (κ3) is 4.45. The van der Waals surface area contributed by atoms with Crippen LogP contribution in [0.3, 0.4) is 0 Å². The first kappa shape index (κ1) is 17.0. The highest BCUT2D eigenvalue weighted by molar-refractivity contribution is 7.91. The van der Waals surface area contributed by atoms with Gasteiger partial charge in [-0.1, -0.05) is 13.8 Å². The Morgan fingerprint density at radius 2 is 1.89 bits per heavy atom. The first-order valence-corrected chi connectivity index (χ1v) is 9.24. The van der Waals surface area contributed by atoms with Gasteiger partial charge < -0.3 is 0 Å². The molecule has 0 aliphatic carbocycles. The van der Waals surface area contributed by atoms with Crippen molar-refractivity contribution in [2.24, 2.45) is 5.92 Å². The van der Waals surface area contributed by atoms with Gasteiger partial charge >= 0.3 is 0 Å². The van der Waals surface area contributed by atoms with Crippen molar-refractivity contribution in [2.75, 3.05) is 12.4 Å². The minimum absolute atomic E-state index is 0.0361. The fourth-order valence-electron chi connectivity index (χ4n) is 1.79. The van der Waals surface area contributed by atoms with Crippen molar-refractivity contribution in [1.82, 2.24) is 4.31 Å². The predicted octanol–water partition coefficient (Wildman–Crippen LogP) is 3.58. The van der Waals surface area contributed by atoms with Gasteiger partial charge in [0.25, 0.3) is 10.0 Å². The van der Waals surface area contributed by atoms with E-state index in [-0.39, 0.29) is 6.04 Å². The molecule has 19 heavy (non-hydrogen) atoms. The molecule has 0 saturated heterocycles. The molecule has 0 aliphatic heterocycles. The van der Waals surface area contributed by atoms with E-state index in [1.807, 2.05) is 33.8 Å². The van der Waals surface area contributed by atoms with E-state index in [9.17, 15) is 8.42 Å². The number of alkyl halides is 1. The van der Waals surface area contributed by atoms with E-state index in [1.54, 1.807) is 10.4 Å². The largest absolute Gasteiger partial charge is 0.252 e. The van der Waals surface area contributed by atoms with Crippen molar-refractivity contribution in [3.63, 3.8) is 0 Å². The van der Waals surface area contributed by atoms with Gasteiger partial charge in [0, 0.05) is 23.3 Å². The Hall–Kier alpha value is -0.100. The van der Waals surface area contributed by atoms with E-state index >= 15 is 0 Å². The molecule has 0 aliphatic rings. The van der Waals surface area contributed by atoms with Crippen molar-refractivity contribution in [3.05, 3.63) is 17.0 Å². The van der Waals surface area contributed by atoms with Gasteiger partial charge in [0.05, 0.1) is 0 Å². The molecule has 0 atom stereocenters. The van der Waals surface area contributed by atoms with Gasteiger partial charge in [-0.25, -0.2) is 8.42 Å². The van der Waals surface area contributed by atoms with E-state index in [2.05, 4.69) is 0 Å². The van der Waals surface area contributed by atoms with Crippen LogP contribution < -0.4 is 0 Å². The fraction of sp³-hybridized carbons (Fsp3) is 0.692. The number of hydrogen-bond acceptors (Lipinski definition) is 3. The van der Waals surface area contributed by atoms with Crippen LogP contribution in [0.15, 0.2) is 16.3 Å². The lowest BCUT2D eigenvalue weighted by molar-refractivity contribution is 0.319. The van der Waals surface area contributed by atoms with E-state index in [1.165, 1.54) is 11.3 Å². The summed E-state index contributed by atoms with van der Waals surface area (Å²) in [6.07, 6.45) is 0.716. The molecule has 1 rings (SSSR count). The van der Waals surface area contributed by atoms with Crippen LogP contribution in [0.5, 0.6) is 0 Å². The highest BCUT2D eigenvalue weighted by Gasteiger charge is 2.28. The Labute approximate surface area is 125 Å². The van der Waals surface area contributed by atoms with Crippen LogP contribution in [0, 0.1) is 5.92 Å². The number of aryl methyl sites for hydroxylation is 1. The van der Waals surface area contributed by atoms with Crippen molar-refractivity contribution in [2.45, 2.75) is 44.4 Å². The summed E-state index contributed by atoms with van der Waals surface area (Å²) < 4.78 is 27.3. The number of halogens is 1. The van der Waals surface area contributed by atoms with Gasteiger partial charge in [0.1, 0.15) is 4.21 Å². The predicted molar refractivity (Wildman–Crippen MR) is 82.6 cm³/mol. The normalized spacial score (nSPS) is 12.8. The zero-order valence-electron chi connectivity index (χ0n) is 11.9. The van der Waals surface area contributed by atoms with E-state index in [0.717, 1.165) is 4.88 Å². The Balaban J connectivity index is 3.04. The SMILES string of the molecule is CC(C)CN(C(C)C)S(=O)(=O)c1ccc(CCCl)s1. The summed E-state index contributed by atoms with van der Waals surface area (Å²) >= 11 is 7.01. The Morgan fingerprint density at radius 1 is 1.26 bits per heavy atom. The van der Waals surface area contributed by atoms with E-state index in [0.29, 0.717) is 29.0 Å². The standard InChI is InChI=1S/C13H22ClNO2S2/c1-10(2)9-15(11(3)4)19(16,17)13-6-5-12(18-13)7-8-14/h5-6,10-11H,7-9H2,1-4H3. The summed E-state index contributed by atoms with van der Waals surface area (Å²) in [4.78, 5) is 1.02. The fourth-order valence-corrected chi connectivity index (χ4v) is 5.39. The molecule has 110 valence electrons. The molecule has 0 bridgehead atoms. The van der Waals surface area contributed by atoms with Crippen molar-refractivity contribution in [3.8, 4) is 0 Å². The quantitative estimate of drug-likeness (QED) is 0.719. The number of nitrogens with zero attached hydrogens (tertiary/aromatic N) is 1. The second-order valence-corrected chi connectivity index (χ2v) is 8.89. The van der Waals surface area contributed by atoms with Crippen LogP contribution >= 0.6 is 22.9 Å². The smallest absolute Gasteiger partial charge is 0.206 e. The lowest BCUT2D eigenvalue weighted by Gasteiger charge is -2.26. The number of sulfonamides is 1. The second kappa shape index (κ2) is 7.07. The van der Waals surface area contributed by atoms with Crippen LogP contribution in [-0.2, 0) is 16.4 Å². The molecule has 0 amide bonds. The molecule has 1 heterocycles. The highest BCUT2D eigenvalue weighted by atomic mass is 35.5. The number of rotatable bonds is 7. The molecule has 0 saturated carbocycles. The maximum atomic E-state index is 12.6. The lowest BCUT2D eigenvalue weighted by atomic mass is 10.2. The van der Waals surface area contributed by atoms with Crippen LogP contribution in [0.1, 0.15) is 32.6 Å². The van der Waals surface area contributed by atoms with E-state index < -0.39 is 10.0 Å². The van der Waals surface area contributed by atoms with Gasteiger partial charge in [-0.3, -0.25) is 0 Å². The summed E-state index contributed by atoms with van der Waals surface area (Å²) in [5.74, 6) is 0.819. The first-order valence-electron chi connectivity index (χ1n) is 6.45. The Morgan fingerprint density at radius 3 is 2.37 bits per heavy atom. The lowest BCUT2D eigenvalue weighted by Crippen LogP contribution is -2.39. The molecule has 3 nitrogen and oxygen atoms in total. The molecule has 1 aromatic rings. The molecular formula is C13H22ClNO2S2. The zero-order valence-corrected chi connectivity index (χ0v) is 14.3. The Kier molecular flexibility index (Phi) is 6.30. The molecule has 1 aromatic heterocycles. The summed E-state index contributed by atoms with van der Waals surface area (Å²) in [6.45, 7) is 8.42. The van der Waals surface area contributed by atoms with Gasteiger partial charge in [0.2, 0.25) is 0 Å². The third-order valence-corrected chi connectivity index (χ3v) is 6.51. The molecular weight excluding hydrogens is 302 g/mol. The first-order chi connectivity index (χ1) is 8.78. The topological polar surface area (TPSA) is 37.4 Å². The maximum Gasteiger partial charge on any atom is 0.252 e. The molecule has 0 fully saturated rings. The average molecular weight is 324 g/mol. The van der Waals surface area contributed by atoms with Gasteiger partial charge in [-0.05, 0) is 38.3 Å². The van der Waals surface area contributed by atoms with Crippen LogP contribution in [0.4, 0.5) is 0 Å². The molecule has 0 unspecified atom stereocenters. The van der Waals surface area contributed by atoms with Crippen molar-refractivity contribution < 1.29 is 8.42 Å². The summed E-state index contributed by atoms with van der Waals surface area (Å²) in [6, 6.07) is 3.51. The van der Waals surface area contributed by atoms with Gasteiger partial charge in [-0.15, -0.1) is 22.9 Å². The van der Waals surface area contributed by atoms with Crippen LogP contribution in [-0.4, -0.2) is 31.2 Å². The van der Waals surface area contributed by atoms with Crippen molar-refractivity contribution in [1.29, 1.82) is 0 Å². The minimum Gasteiger partial charge on any atom is -0.206 e. The highest BCUT2D eigenvalue weighted by Crippen LogP contribution is 2.27. The number of thiophene rings is 1. The minimum atomic E-state index is -3.38. The monoisotopic (exact) mass is 323 g/mol. The zero-order chi connectivity index (χ0) is 14.6. The molecule has 0 spiro atoms. The molecule has 0 N–H and O–H groups in total. The van der Waals surface area contributed by atoms with Gasteiger partial charge in [0.15, 0.2) is 0 Å². The van der Waals surface area contributed by atoms with Crippen LogP contribution in [0.25, 0.3) is 0 Å². The molecule has 0 radical (unpaired) electrons. The Bertz CT molecular complexity index is 494. The molecule has 6 heteroatoms. The van der Waals surface area contributed by atoms with E-state index in [4.69, 9.17) is 11.6 Å². The molecule has 0 aromatic carbocycles. The third-order valence-electron chi connectivity index (χ3n) is 2.66. The summed E-state index contributed by atoms with van der Waals surface area (Å²) in [7, 11) is -3.38.